The second-order valence-corrected chi connectivity index (χ2v) is 3.79. The quantitative estimate of drug-likeness (QED) is 0.686. The molecule has 0 atom stereocenters. The Morgan fingerprint density at radius 3 is 2.56 bits per heavy atom. The van der Waals surface area contributed by atoms with Gasteiger partial charge in [0.15, 0.2) is 0 Å². The van der Waals surface area contributed by atoms with Crippen molar-refractivity contribution >= 4 is 11.6 Å². The number of hydrogen-bond acceptors (Lipinski definition) is 1. The molecule has 0 aliphatic heterocycles. The molecule has 0 saturated heterocycles. The lowest BCUT2D eigenvalue weighted by molar-refractivity contribution is 0.583. The Bertz CT molecular complexity index is 541. The Balaban J connectivity index is 2.68. The second-order valence-electron chi connectivity index (χ2n) is 3.40. The zero-order valence-electron chi connectivity index (χ0n) is 8.47. The normalized spacial score (nSPS) is 10.5. The van der Waals surface area contributed by atoms with Gasteiger partial charge >= 0.3 is 0 Å². The first-order valence-corrected chi connectivity index (χ1v) is 5.05. The van der Waals surface area contributed by atoms with E-state index < -0.39 is 11.6 Å². The zero-order valence-corrected chi connectivity index (χ0v) is 9.22. The highest BCUT2D eigenvalue weighted by Gasteiger charge is 2.14. The summed E-state index contributed by atoms with van der Waals surface area (Å²) >= 11 is 5.68. The predicted octanol–water partition coefficient (Wildman–Crippen LogP) is 3.99. The topological polar surface area (TPSA) is 12.9 Å². The van der Waals surface area contributed by atoms with Gasteiger partial charge < -0.3 is 0 Å². The summed E-state index contributed by atoms with van der Waals surface area (Å²) in [5.41, 5.74) is 0.437. The predicted molar refractivity (Wildman–Crippen MR) is 59.3 cm³/mol. The molecule has 0 fully saturated rings. The molecule has 1 aromatic carbocycles. The minimum Gasteiger partial charge on any atom is -0.236 e. The van der Waals surface area contributed by atoms with E-state index in [1.165, 1.54) is 18.2 Å². The minimum atomic E-state index is -0.641. The van der Waals surface area contributed by atoms with Crippen molar-refractivity contribution < 1.29 is 8.78 Å². The molecule has 1 nitrogen and oxygen atoms in total. The number of pyridine rings is 1. The smallest absolute Gasteiger partial charge is 0.138 e. The van der Waals surface area contributed by atoms with Crippen LogP contribution in [0.25, 0.3) is 11.3 Å². The molecule has 4 heteroatoms. The molecule has 0 amide bonds. The van der Waals surface area contributed by atoms with Crippen molar-refractivity contribution in [3.05, 3.63) is 52.7 Å². The summed E-state index contributed by atoms with van der Waals surface area (Å²) in [7, 11) is 0. The highest BCUT2D eigenvalue weighted by atomic mass is 35.5. The number of nitrogens with zero attached hydrogens (tertiary/aromatic N) is 1. The number of aryl methyl sites for hydroxylation is 1. The number of benzene rings is 1. The van der Waals surface area contributed by atoms with E-state index in [0.717, 1.165) is 0 Å². The summed E-state index contributed by atoms with van der Waals surface area (Å²) in [6.07, 6.45) is 0. The first-order valence-electron chi connectivity index (χ1n) is 4.67. The maximum atomic E-state index is 13.8. The van der Waals surface area contributed by atoms with Crippen LogP contribution >= 0.6 is 11.6 Å². The molecule has 1 aromatic heterocycles. The average Bonchev–Trinajstić information content (AvgIpc) is 2.24. The van der Waals surface area contributed by atoms with Gasteiger partial charge in [0, 0.05) is 0 Å². The van der Waals surface area contributed by atoms with Crippen LogP contribution < -0.4 is 0 Å². The number of hydrogen-bond donors (Lipinski definition) is 0. The van der Waals surface area contributed by atoms with E-state index in [1.807, 2.05) is 0 Å². The minimum absolute atomic E-state index is 0.137. The van der Waals surface area contributed by atoms with Gasteiger partial charge in [0.25, 0.3) is 0 Å². The number of aromatic nitrogens is 1. The van der Waals surface area contributed by atoms with E-state index in [9.17, 15) is 8.78 Å². The van der Waals surface area contributed by atoms with Crippen molar-refractivity contribution in [1.82, 2.24) is 4.98 Å². The summed E-state index contributed by atoms with van der Waals surface area (Å²) < 4.78 is 27.3. The van der Waals surface area contributed by atoms with Gasteiger partial charge in [-0.05, 0) is 30.7 Å². The fraction of sp³-hybridized carbons (Fsp3) is 0.0833. The maximum Gasteiger partial charge on any atom is 0.138 e. The van der Waals surface area contributed by atoms with Crippen LogP contribution in [0.2, 0.25) is 5.15 Å². The van der Waals surface area contributed by atoms with Crippen molar-refractivity contribution in [3.63, 3.8) is 0 Å². The molecular weight excluding hydrogens is 232 g/mol. The van der Waals surface area contributed by atoms with E-state index in [1.54, 1.807) is 19.1 Å². The lowest BCUT2D eigenvalue weighted by Crippen LogP contribution is -1.95. The Labute approximate surface area is 96.7 Å². The van der Waals surface area contributed by atoms with Gasteiger partial charge in [-0.3, -0.25) is 0 Å². The molecule has 0 radical (unpaired) electrons. The molecule has 2 rings (SSSR count). The van der Waals surface area contributed by atoms with Gasteiger partial charge in [-0.15, -0.1) is 0 Å². The van der Waals surface area contributed by atoms with Gasteiger partial charge in [0.2, 0.25) is 0 Å². The van der Waals surface area contributed by atoms with Gasteiger partial charge in [-0.25, -0.2) is 13.8 Å². The highest BCUT2D eigenvalue weighted by molar-refractivity contribution is 6.29. The van der Waals surface area contributed by atoms with Crippen LogP contribution in [0.4, 0.5) is 8.78 Å². The fourth-order valence-corrected chi connectivity index (χ4v) is 1.60. The summed E-state index contributed by atoms with van der Waals surface area (Å²) in [6.45, 7) is 1.57. The van der Waals surface area contributed by atoms with Gasteiger partial charge in [-0.1, -0.05) is 23.7 Å². The Kier molecular flexibility index (Phi) is 2.88. The summed E-state index contributed by atoms with van der Waals surface area (Å²) in [4.78, 5) is 3.89. The molecule has 16 heavy (non-hydrogen) atoms. The van der Waals surface area contributed by atoms with Crippen molar-refractivity contribution in [1.29, 1.82) is 0 Å². The summed E-state index contributed by atoms with van der Waals surface area (Å²) in [5, 5.41) is 0.206. The van der Waals surface area contributed by atoms with Gasteiger partial charge in [-0.2, -0.15) is 0 Å². The van der Waals surface area contributed by atoms with Crippen molar-refractivity contribution in [2.24, 2.45) is 0 Å². The zero-order chi connectivity index (χ0) is 11.7. The first-order chi connectivity index (χ1) is 7.59. The molecule has 0 aliphatic carbocycles. The monoisotopic (exact) mass is 239 g/mol. The van der Waals surface area contributed by atoms with Crippen LogP contribution in [0.15, 0.2) is 30.3 Å². The van der Waals surface area contributed by atoms with E-state index >= 15 is 0 Å². The largest absolute Gasteiger partial charge is 0.236 e. The number of rotatable bonds is 1. The Hall–Kier alpha value is -1.48. The van der Waals surface area contributed by atoms with Crippen molar-refractivity contribution in [3.8, 4) is 11.3 Å². The van der Waals surface area contributed by atoms with Gasteiger partial charge in [0.1, 0.15) is 16.8 Å². The van der Waals surface area contributed by atoms with Crippen LogP contribution in [0.5, 0.6) is 0 Å². The Morgan fingerprint density at radius 1 is 1.12 bits per heavy atom. The fourth-order valence-electron chi connectivity index (χ4n) is 1.44. The molecular formula is C12H8ClF2N. The van der Waals surface area contributed by atoms with E-state index in [0.29, 0.717) is 5.56 Å². The molecule has 0 N–H and O–H groups in total. The third-order valence-corrected chi connectivity index (χ3v) is 2.47. The molecule has 1 heterocycles. The van der Waals surface area contributed by atoms with Crippen molar-refractivity contribution in [2.75, 3.05) is 0 Å². The standard InChI is InChI=1S/C12H8ClF2N/c1-7-5-6-8(14)11(12(7)15)9-3-2-4-10(13)16-9/h2-6H,1H3. The summed E-state index contributed by atoms with van der Waals surface area (Å²) in [6, 6.07) is 7.28. The summed E-state index contributed by atoms with van der Waals surface area (Å²) in [5.74, 6) is -1.24. The molecule has 2 aromatic rings. The lowest BCUT2D eigenvalue weighted by Gasteiger charge is -2.06. The van der Waals surface area contributed by atoms with Crippen LogP contribution in [0, 0.1) is 18.6 Å². The van der Waals surface area contributed by atoms with E-state index in [2.05, 4.69) is 4.98 Å². The first kappa shape index (κ1) is 11.0. The van der Waals surface area contributed by atoms with Crippen LogP contribution in [-0.2, 0) is 0 Å². The molecule has 82 valence electrons. The van der Waals surface area contributed by atoms with Crippen LogP contribution in [-0.4, -0.2) is 4.98 Å². The maximum absolute atomic E-state index is 13.8. The van der Waals surface area contributed by atoms with Crippen LogP contribution in [0.3, 0.4) is 0 Å². The highest BCUT2D eigenvalue weighted by Crippen LogP contribution is 2.27. The molecule has 0 bridgehead atoms. The van der Waals surface area contributed by atoms with Crippen molar-refractivity contribution in [2.45, 2.75) is 6.92 Å². The van der Waals surface area contributed by atoms with Crippen LogP contribution in [0.1, 0.15) is 5.56 Å². The molecule has 0 unspecified atom stereocenters. The molecule has 0 spiro atoms. The average molecular weight is 240 g/mol. The van der Waals surface area contributed by atoms with E-state index in [-0.39, 0.29) is 16.4 Å². The second kappa shape index (κ2) is 4.18. The van der Waals surface area contributed by atoms with Gasteiger partial charge in [0.05, 0.1) is 11.3 Å². The third kappa shape index (κ3) is 1.91. The number of halogens is 3. The molecule has 0 aliphatic rings. The lowest BCUT2D eigenvalue weighted by atomic mass is 10.1. The third-order valence-electron chi connectivity index (χ3n) is 2.26. The SMILES string of the molecule is Cc1ccc(F)c(-c2cccc(Cl)n2)c1F. The van der Waals surface area contributed by atoms with E-state index in [4.69, 9.17) is 11.6 Å². The Morgan fingerprint density at radius 2 is 1.88 bits per heavy atom. The molecule has 0 saturated carbocycles.